The van der Waals surface area contributed by atoms with Crippen molar-refractivity contribution in [3.05, 3.63) is 88.9 Å². The van der Waals surface area contributed by atoms with E-state index >= 15 is 0 Å². The zero-order chi connectivity index (χ0) is 20.1. The SMILES string of the molecule is N#Cc1cccc(NC(=O)c2cccc(S(=O)(=O)Nc3ccccc3Cl)c2)c1. The minimum atomic E-state index is -3.93. The van der Waals surface area contributed by atoms with Crippen LogP contribution >= 0.6 is 11.6 Å². The van der Waals surface area contributed by atoms with Crippen LogP contribution in [0.2, 0.25) is 5.02 Å². The van der Waals surface area contributed by atoms with E-state index in [0.29, 0.717) is 11.3 Å². The molecule has 0 spiro atoms. The van der Waals surface area contributed by atoms with Gasteiger partial charge in [0.1, 0.15) is 0 Å². The van der Waals surface area contributed by atoms with Crippen LogP contribution in [0, 0.1) is 11.3 Å². The molecule has 3 aromatic carbocycles. The summed E-state index contributed by atoms with van der Waals surface area (Å²) in [5.74, 6) is -0.495. The van der Waals surface area contributed by atoms with Gasteiger partial charge in [-0.2, -0.15) is 5.26 Å². The first kappa shape index (κ1) is 19.4. The van der Waals surface area contributed by atoms with Gasteiger partial charge < -0.3 is 5.32 Å². The summed E-state index contributed by atoms with van der Waals surface area (Å²) in [5.41, 5.74) is 1.24. The molecule has 0 fully saturated rings. The number of carbonyl (C=O) groups is 1. The van der Waals surface area contributed by atoms with Crippen LogP contribution in [0.1, 0.15) is 15.9 Å². The highest BCUT2D eigenvalue weighted by molar-refractivity contribution is 7.92. The largest absolute Gasteiger partial charge is 0.322 e. The molecule has 0 unspecified atom stereocenters. The number of benzene rings is 3. The van der Waals surface area contributed by atoms with Gasteiger partial charge in [-0.3, -0.25) is 9.52 Å². The van der Waals surface area contributed by atoms with E-state index < -0.39 is 15.9 Å². The monoisotopic (exact) mass is 411 g/mol. The molecular formula is C20H14ClN3O3S. The van der Waals surface area contributed by atoms with Gasteiger partial charge in [-0.15, -0.1) is 0 Å². The minimum absolute atomic E-state index is 0.0779. The molecular weight excluding hydrogens is 398 g/mol. The summed E-state index contributed by atoms with van der Waals surface area (Å²) in [6.07, 6.45) is 0. The highest BCUT2D eigenvalue weighted by Crippen LogP contribution is 2.24. The van der Waals surface area contributed by atoms with E-state index in [1.54, 1.807) is 42.5 Å². The van der Waals surface area contributed by atoms with Gasteiger partial charge in [0.15, 0.2) is 0 Å². The van der Waals surface area contributed by atoms with Gasteiger partial charge >= 0.3 is 0 Å². The lowest BCUT2D eigenvalue weighted by Crippen LogP contribution is -2.16. The Hall–Kier alpha value is -3.34. The van der Waals surface area contributed by atoms with Crippen molar-refractivity contribution in [2.45, 2.75) is 4.90 Å². The van der Waals surface area contributed by atoms with Crippen LogP contribution in [0.4, 0.5) is 11.4 Å². The molecule has 0 aliphatic rings. The number of carbonyl (C=O) groups excluding carboxylic acids is 1. The Morgan fingerprint density at radius 3 is 2.46 bits per heavy atom. The topological polar surface area (TPSA) is 99.1 Å². The maximum atomic E-state index is 12.6. The van der Waals surface area contributed by atoms with Gasteiger partial charge in [-0.05, 0) is 48.5 Å². The fourth-order valence-electron chi connectivity index (χ4n) is 2.42. The minimum Gasteiger partial charge on any atom is -0.322 e. The first-order valence-corrected chi connectivity index (χ1v) is 9.94. The maximum Gasteiger partial charge on any atom is 0.261 e. The predicted molar refractivity (Wildman–Crippen MR) is 108 cm³/mol. The zero-order valence-electron chi connectivity index (χ0n) is 14.4. The third kappa shape index (κ3) is 4.49. The van der Waals surface area contributed by atoms with Gasteiger partial charge in [-0.1, -0.05) is 35.9 Å². The Labute approximate surface area is 167 Å². The fourth-order valence-corrected chi connectivity index (χ4v) is 3.79. The molecule has 2 N–H and O–H groups in total. The number of hydrogen-bond acceptors (Lipinski definition) is 4. The molecule has 0 heterocycles. The molecule has 140 valence electrons. The lowest BCUT2D eigenvalue weighted by molar-refractivity contribution is 0.102. The Morgan fingerprint density at radius 1 is 0.964 bits per heavy atom. The molecule has 6 nitrogen and oxygen atoms in total. The normalized spacial score (nSPS) is 10.7. The van der Waals surface area contributed by atoms with Crippen LogP contribution < -0.4 is 10.0 Å². The first-order valence-electron chi connectivity index (χ1n) is 8.08. The third-order valence-corrected chi connectivity index (χ3v) is 5.47. The van der Waals surface area contributed by atoms with E-state index in [-0.39, 0.29) is 21.2 Å². The fraction of sp³-hybridized carbons (Fsp3) is 0. The van der Waals surface area contributed by atoms with E-state index in [1.165, 1.54) is 30.3 Å². The Morgan fingerprint density at radius 2 is 1.71 bits per heavy atom. The number of nitrogens with one attached hydrogen (secondary N) is 2. The second-order valence-electron chi connectivity index (χ2n) is 5.76. The van der Waals surface area contributed by atoms with E-state index in [4.69, 9.17) is 16.9 Å². The highest BCUT2D eigenvalue weighted by atomic mass is 35.5. The molecule has 3 rings (SSSR count). The number of amides is 1. The molecule has 0 atom stereocenters. The zero-order valence-corrected chi connectivity index (χ0v) is 16.0. The van der Waals surface area contributed by atoms with Crippen LogP contribution in [-0.2, 0) is 10.0 Å². The molecule has 28 heavy (non-hydrogen) atoms. The molecule has 8 heteroatoms. The van der Waals surface area contributed by atoms with Crippen molar-refractivity contribution >= 4 is 38.9 Å². The number of hydrogen-bond donors (Lipinski definition) is 2. The molecule has 0 saturated carbocycles. The first-order chi connectivity index (χ1) is 13.4. The molecule has 1 amide bonds. The van der Waals surface area contributed by atoms with Crippen LogP contribution in [0.5, 0.6) is 0 Å². The second-order valence-corrected chi connectivity index (χ2v) is 7.85. The summed E-state index contributed by atoms with van der Waals surface area (Å²) >= 11 is 6.00. The standard InChI is InChI=1S/C20H14ClN3O3S/c21-18-9-1-2-10-19(18)24-28(26,27)17-8-4-6-15(12-17)20(25)23-16-7-3-5-14(11-16)13-22/h1-12,24H,(H,23,25). The Balaban J connectivity index is 1.84. The van der Waals surface area contributed by atoms with Crippen LogP contribution in [0.3, 0.4) is 0 Å². The van der Waals surface area contributed by atoms with E-state index in [9.17, 15) is 13.2 Å². The number of anilines is 2. The lowest BCUT2D eigenvalue weighted by atomic mass is 10.2. The molecule has 0 aromatic heterocycles. The third-order valence-electron chi connectivity index (χ3n) is 3.77. The summed E-state index contributed by atoms with van der Waals surface area (Å²) < 4.78 is 27.7. The van der Waals surface area contributed by atoms with Crippen molar-refractivity contribution in [3.63, 3.8) is 0 Å². The van der Waals surface area contributed by atoms with Crippen LogP contribution in [0.25, 0.3) is 0 Å². The summed E-state index contributed by atoms with van der Waals surface area (Å²) in [6.45, 7) is 0. The second kappa shape index (κ2) is 8.13. The number of nitriles is 1. The van der Waals surface area contributed by atoms with Gasteiger partial charge in [0.25, 0.3) is 15.9 Å². The lowest BCUT2D eigenvalue weighted by Gasteiger charge is -2.11. The summed E-state index contributed by atoms with van der Waals surface area (Å²) in [5, 5.41) is 11.8. The van der Waals surface area contributed by atoms with Crippen LogP contribution in [-0.4, -0.2) is 14.3 Å². The van der Waals surface area contributed by atoms with Gasteiger partial charge in [0, 0.05) is 11.3 Å². The van der Waals surface area contributed by atoms with Crippen molar-refractivity contribution in [1.82, 2.24) is 0 Å². The van der Waals surface area contributed by atoms with Gasteiger partial charge in [-0.25, -0.2) is 8.42 Å². The summed E-state index contributed by atoms with van der Waals surface area (Å²) in [4.78, 5) is 12.4. The average Bonchev–Trinajstić information content (AvgIpc) is 2.70. The van der Waals surface area contributed by atoms with Crippen molar-refractivity contribution in [1.29, 1.82) is 5.26 Å². The number of halogens is 1. The van der Waals surface area contributed by atoms with Crippen molar-refractivity contribution in [2.75, 3.05) is 10.0 Å². The highest BCUT2D eigenvalue weighted by Gasteiger charge is 2.18. The molecule has 0 bridgehead atoms. The quantitative estimate of drug-likeness (QED) is 0.655. The maximum absolute atomic E-state index is 12.6. The van der Waals surface area contributed by atoms with E-state index in [2.05, 4.69) is 10.0 Å². The number of nitrogens with zero attached hydrogens (tertiary/aromatic N) is 1. The van der Waals surface area contributed by atoms with E-state index in [1.807, 2.05) is 6.07 Å². The smallest absolute Gasteiger partial charge is 0.261 e. The van der Waals surface area contributed by atoms with Crippen molar-refractivity contribution < 1.29 is 13.2 Å². The van der Waals surface area contributed by atoms with E-state index in [0.717, 1.165) is 0 Å². The molecule has 0 radical (unpaired) electrons. The van der Waals surface area contributed by atoms with Gasteiger partial charge in [0.2, 0.25) is 0 Å². The molecule has 0 saturated heterocycles. The van der Waals surface area contributed by atoms with Crippen LogP contribution in [0.15, 0.2) is 77.7 Å². The Bertz CT molecular complexity index is 1190. The number of sulfonamides is 1. The average molecular weight is 412 g/mol. The molecule has 0 aliphatic heterocycles. The summed E-state index contributed by atoms with van der Waals surface area (Å²) in [6, 6.07) is 20.5. The molecule has 3 aromatic rings. The van der Waals surface area contributed by atoms with Crippen molar-refractivity contribution in [2.24, 2.45) is 0 Å². The number of para-hydroxylation sites is 1. The van der Waals surface area contributed by atoms with Gasteiger partial charge in [0.05, 0.1) is 27.2 Å². The van der Waals surface area contributed by atoms with Crippen molar-refractivity contribution in [3.8, 4) is 6.07 Å². The number of rotatable bonds is 5. The predicted octanol–water partition coefficient (Wildman–Crippen LogP) is 4.26. The molecule has 0 aliphatic carbocycles. The Kier molecular flexibility index (Phi) is 5.64. The summed E-state index contributed by atoms with van der Waals surface area (Å²) in [7, 11) is -3.93.